The Morgan fingerprint density at radius 3 is 2.79 bits per heavy atom. The summed E-state index contributed by atoms with van der Waals surface area (Å²) in [5.41, 5.74) is 0.732. The third-order valence-corrected chi connectivity index (χ3v) is 5.16. The van der Waals surface area contributed by atoms with Crippen molar-refractivity contribution in [1.29, 1.82) is 0 Å². The van der Waals surface area contributed by atoms with E-state index in [1.54, 1.807) is 25.3 Å². The van der Waals surface area contributed by atoms with Crippen LogP contribution in [0.2, 0.25) is 5.02 Å². The molecule has 0 aliphatic heterocycles. The number of anilines is 1. The molecule has 1 N–H and O–H groups in total. The first-order chi connectivity index (χ1) is 13.3. The molecule has 146 valence electrons. The standard InChI is InChI=1S/C16H13BrClFN6O3/c1-9-15(17)16(25(27)28)22-24(9)8-14(26)20-13-5-6-23(21-13)7-10-11(18)3-2-4-12(10)19/h2-6H,7-8H2,1H3,(H,20,21,26). The summed E-state index contributed by atoms with van der Waals surface area (Å²) in [6.45, 7) is 1.47. The molecular formula is C16H13BrClFN6O3. The van der Waals surface area contributed by atoms with Gasteiger partial charge in [-0.05, 0) is 39.9 Å². The van der Waals surface area contributed by atoms with Crippen LogP contribution in [0.3, 0.4) is 0 Å². The van der Waals surface area contributed by atoms with Crippen LogP contribution in [0.5, 0.6) is 0 Å². The highest BCUT2D eigenvalue weighted by Crippen LogP contribution is 2.27. The number of benzene rings is 1. The lowest BCUT2D eigenvalue weighted by Crippen LogP contribution is -2.20. The molecule has 0 bridgehead atoms. The number of nitrogens with zero attached hydrogens (tertiary/aromatic N) is 5. The minimum Gasteiger partial charge on any atom is -0.358 e. The normalized spacial score (nSPS) is 10.9. The molecule has 0 fully saturated rings. The van der Waals surface area contributed by atoms with Gasteiger partial charge in [0.1, 0.15) is 16.8 Å². The fourth-order valence-electron chi connectivity index (χ4n) is 2.46. The van der Waals surface area contributed by atoms with Gasteiger partial charge in [0, 0.05) is 22.8 Å². The molecule has 12 heteroatoms. The second-order valence-electron chi connectivity index (χ2n) is 5.78. The van der Waals surface area contributed by atoms with Gasteiger partial charge in [0.2, 0.25) is 5.91 Å². The van der Waals surface area contributed by atoms with Crippen molar-refractivity contribution in [2.24, 2.45) is 0 Å². The van der Waals surface area contributed by atoms with E-state index in [2.05, 4.69) is 31.4 Å². The molecule has 0 aliphatic carbocycles. The van der Waals surface area contributed by atoms with Gasteiger partial charge in [0.15, 0.2) is 5.82 Å². The molecule has 0 atom stereocenters. The number of amides is 1. The van der Waals surface area contributed by atoms with Gasteiger partial charge in [0.05, 0.1) is 17.3 Å². The van der Waals surface area contributed by atoms with Crippen molar-refractivity contribution >= 4 is 45.1 Å². The summed E-state index contributed by atoms with van der Waals surface area (Å²) in [7, 11) is 0. The zero-order valence-electron chi connectivity index (χ0n) is 14.4. The summed E-state index contributed by atoms with van der Waals surface area (Å²) < 4.78 is 16.7. The maximum absolute atomic E-state index is 13.9. The first-order valence-electron chi connectivity index (χ1n) is 7.89. The van der Waals surface area contributed by atoms with Crippen LogP contribution in [-0.2, 0) is 17.9 Å². The molecular weight excluding hydrogens is 459 g/mol. The quantitative estimate of drug-likeness (QED) is 0.437. The maximum atomic E-state index is 13.9. The largest absolute Gasteiger partial charge is 0.404 e. The van der Waals surface area contributed by atoms with Crippen LogP contribution in [0.25, 0.3) is 0 Å². The lowest BCUT2D eigenvalue weighted by Gasteiger charge is -2.06. The molecule has 0 unspecified atom stereocenters. The van der Waals surface area contributed by atoms with Crippen LogP contribution >= 0.6 is 27.5 Å². The van der Waals surface area contributed by atoms with Crippen molar-refractivity contribution < 1.29 is 14.1 Å². The van der Waals surface area contributed by atoms with Crippen LogP contribution in [0.1, 0.15) is 11.3 Å². The van der Waals surface area contributed by atoms with Crippen molar-refractivity contribution in [3.8, 4) is 0 Å². The Kier molecular flexibility index (Phi) is 5.75. The van der Waals surface area contributed by atoms with Gasteiger partial charge in [-0.3, -0.25) is 9.48 Å². The van der Waals surface area contributed by atoms with E-state index in [1.807, 2.05) is 0 Å². The maximum Gasteiger partial charge on any atom is 0.404 e. The minimum absolute atomic E-state index is 0.0960. The molecule has 2 heterocycles. The van der Waals surface area contributed by atoms with Gasteiger partial charge < -0.3 is 15.4 Å². The van der Waals surface area contributed by atoms with Crippen molar-refractivity contribution in [3.05, 3.63) is 67.1 Å². The highest BCUT2D eigenvalue weighted by Gasteiger charge is 2.24. The van der Waals surface area contributed by atoms with Crippen LogP contribution in [0.15, 0.2) is 34.9 Å². The molecule has 0 saturated heterocycles. The smallest absolute Gasteiger partial charge is 0.358 e. The summed E-state index contributed by atoms with van der Waals surface area (Å²) in [6, 6.07) is 5.93. The van der Waals surface area contributed by atoms with Gasteiger partial charge in [-0.1, -0.05) is 17.7 Å². The molecule has 1 amide bonds. The first-order valence-corrected chi connectivity index (χ1v) is 9.07. The number of carbonyl (C=O) groups excluding carboxylic acids is 1. The van der Waals surface area contributed by atoms with Gasteiger partial charge in [-0.15, -0.1) is 0 Å². The molecule has 2 aromatic heterocycles. The molecule has 0 saturated carbocycles. The topological polar surface area (TPSA) is 108 Å². The number of nitrogens with one attached hydrogen (secondary N) is 1. The number of aromatic nitrogens is 4. The van der Waals surface area contributed by atoms with E-state index in [0.29, 0.717) is 5.69 Å². The fraction of sp³-hybridized carbons (Fsp3) is 0.188. The number of halogens is 3. The number of rotatable bonds is 6. The van der Waals surface area contributed by atoms with Crippen molar-refractivity contribution in [2.75, 3.05) is 5.32 Å². The van der Waals surface area contributed by atoms with Gasteiger partial charge in [-0.2, -0.15) is 9.78 Å². The summed E-state index contributed by atoms with van der Waals surface area (Å²) in [4.78, 5) is 22.5. The number of hydrogen-bond acceptors (Lipinski definition) is 5. The highest BCUT2D eigenvalue weighted by atomic mass is 79.9. The second kappa shape index (κ2) is 8.07. The Morgan fingerprint density at radius 2 is 2.14 bits per heavy atom. The highest BCUT2D eigenvalue weighted by molar-refractivity contribution is 9.10. The number of hydrogen-bond donors (Lipinski definition) is 1. The van der Waals surface area contributed by atoms with Gasteiger partial charge in [0.25, 0.3) is 0 Å². The second-order valence-corrected chi connectivity index (χ2v) is 6.98. The first kappa shape index (κ1) is 20.0. The van der Waals surface area contributed by atoms with E-state index in [-0.39, 0.29) is 39.8 Å². The average molecular weight is 472 g/mol. The summed E-state index contributed by atoms with van der Waals surface area (Å²) in [6.07, 6.45) is 1.57. The molecule has 28 heavy (non-hydrogen) atoms. The summed E-state index contributed by atoms with van der Waals surface area (Å²) in [5.74, 6) is -1.04. The van der Waals surface area contributed by atoms with E-state index in [0.717, 1.165) is 0 Å². The molecule has 0 radical (unpaired) electrons. The molecule has 1 aromatic carbocycles. The predicted molar refractivity (Wildman–Crippen MR) is 103 cm³/mol. The van der Waals surface area contributed by atoms with Crippen molar-refractivity contribution in [1.82, 2.24) is 19.6 Å². The Labute approximate surface area is 171 Å². The van der Waals surface area contributed by atoms with E-state index in [9.17, 15) is 19.3 Å². The SMILES string of the molecule is Cc1c(Br)c([N+](=O)[O-])nn1CC(=O)Nc1ccn(Cc2c(F)cccc2Cl)n1. The van der Waals surface area contributed by atoms with Crippen molar-refractivity contribution in [3.63, 3.8) is 0 Å². The van der Waals surface area contributed by atoms with E-state index in [1.165, 1.54) is 21.5 Å². The monoisotopic (exact) mass is 470 g/mol. The molecule has 0 aliphatic rings. The van der Waals surface area contributed by atoms with Gasteiger partial charge >= 0.3 is 5.82 Å². The zero-order chi connectivity index (χ0) is 20.4. The average Bonchev–Trinajstić information content (AvgIpc) is 3.17. The van der Waals surface area contributed by atoms with E-state index < -0.39 is 16.6 Å². The molecule has 3 aromatic rings. The lowest BCUT2D eigenvalue weighted by atomic mass is 10.2. The summed E-state index contributed by atoms with van der Waals surface area (Å²) in [5, 5.41) is 21.7. The predicted octanol–water partition coefficient (Wildman–Crippen LogP) is 3.54. The Morgan fingerprint density at radius 1 is 1.39 bits per heavy atom. The van der Waals surface area contributed by atoms with E-state index >= 15 is 0 Å². The lowest BCUT2D eigenvalue weighted by molar-refractivity contribution is -0.390. The van der Waals surface area contributed by atoms with Crippen LogP contribution in [0, 0.1) is 22.9 Å². The molecule has 0 spiro atoms. The fourth-order valence-corrected chi connectivity index (χ4v) is 3.11. The minimum atomic E-state index is -0.638. The number of carbonyl (C=O) groups is 1. The molecule has 9 nitrogen and oxygen atoms in total. The summed E-state index contributed by atoms with van der Waals surface area (Å²) >= 11 is 9.09. The van der Waals surface area contributed by atoms with E-state index in [4.69, 9.17) is 11.6 Å². The zero-order valence-corrected chi connectivity index (χ0v) is 16.7. The van der Waals surface area contributed by atoms with Crippen LogP contribution in [0.4, 0.5) is 16.0 Å². The third-order valence-electron chi connectivity index (χ3n) is 3.87. The van der Waals surface area contributed by atoms with Crippen LogP contribution in [-0.4, -0.2) is 30.4 Å². The Bertz CT molecular complexity index is 1050. The van der Waals surface area contributed by atoms with Crippen molar-refractivity contribution in [2.45, 2.75) is 20.0 Å². The third kappa shape index (κ3) is 4.20. The Balaban J connectivity index is 1.68. The number of nitro groups is 1. The molecule has 3 rings (SSSR count). The Hall–Kier alpha value is -2.79. The van der Waals surface area contributed by atoms with Gasteiger partial charge in [-0.25, -0.2) is 4.39 Å². The van der Waals surface area contributed by atoms with Crippen LogP contribution < -0.4 is 5.32 Å².